The fourth-order valence-corrected chi connectivity index (χ4v) is 4.28. The van der Waals surface area contributed by atoms with Gasteiger partial charge < -0.3 is 5.32 Å². The Kier molecular flexibility index (Phi) is 7.04. The Morgan fingerprint density at radius 2 is 1.93 bits per heavy atom. The highest BCUT2D eigenvalue weighted by Gasteiger charge is 2.40. The molecule has 0 bridgehead atoms. The van der Waals surface area contributed by atoms with Crippen molar-refractivity contribution in [1.82, 2.24) is 0 Å². The first kappa shape index (κ1) is 21.2. The van der Waals surface area contributed by atoms with Gasteiger partial charge in [-0.2, -0.15) is 0 Å². The number of benzene rings is 2. The molecule has 1 atom stereocenters. The van der Waals surface area contributed by atoms with Gasteiger partial charge in [0.15, 0.2) is 5.17 Å². The number of amides is 2. The van der Waals surface area contributed by atoms with E-state index in [1.807, 2.05) is 6.92 Å². The SMILES string of the molecule is CCN=C(Nc1ccc(Cl)c(Cl)c1)SC1CC(=O)N(c2ccc(Br)cc2)C1=O. The fraction of sp³-hybridized carbons (Fsp3) is 0.211. The maximum Gasteiger partial charge on any atom is 0.247 e. The van der Waals surface area contributed by atoms with E-state index < -0.39 is 5.25 Å². The molecule has 5 nitrogen and oxygen atoms in total. The molecule has 2 aromatic rings. The second-order valence-corrected chi connectivity index (χ2v) is 8.81. The summed E-state index contributed by atoms with van der Waals surface area (Å²) in [7, 11) is 0. The number of carbonyl (C=O) groups is 2. The number of anilines is 2. The van der Waals surface area contributed by atoms with Crippen molar-refractivity contribution in [3.63, 3.8) is 0 Å². The number of carbonyl (C=O) groups excluding carboxylic acids is 2. The van der Waals surface area contributed by atoms with Crippen LogP contribution in [-0.4, -0.2) is 28.8 Å². The molecule has 1 heterocycles. The lowest BCUT2D eigenvalue weighted by Crippen LogP contribution is -2.31. The smallest absolute Gasteiger partial charge is 0.247 e. The molecule has 2 amide bonds. The van der Waals surface area contributed by atoms with E-state index in [1.54, 1.807) is 42.5 Å². The Balaban J connectivity index is 1.75. The van der Waals surface area contributed by atoms with Crippen LogP contribution in [0.1, 0.15) is 13.3 Å². The molecule has 1 saturated heterocycles. The van der Waals surface area contributed by atoms with Crippen LogP contribution in [0, 0.1) is 0 Å². The highest BCUT2D eigenvalue weighted by Crippen LogP contribution is 2.32. The Morgan fingerprint density at radius 1 is 1.21 bits per heavy atom. The molecule has 0 aliphatic carbocycles. The maximum absolute atomic E-state index is 12.8. The Morgan fingerprint density at radius 3 is 2.57 bits per heavy atom. The van der Waals surface area contributed by atoms with Crippen molar-refractivity contribution in [3.05, 3.63) is 57.0 Å². The lowest BCUT2D eigenvalue weighted by atomic mass is 10.3. The van der Waals surface area contributed by atoms with E-state index in [2.05, 4.69) is 26.2 Å². The second-order valence-electron chi connectivity index (χ2n) is 5.89. The van der Waals surface area contributed by atoms with E-state index in [9.17, 15) is 9.59 Å². The molecule has 1 fully saturated rings. The summed E-state index contributed by atoms with van der Waals surface area (Å²) in [4.78, 5) is 30.9. The average Bonchev–Trinajstić information content (AvgIpc) is 2.93. The Hall–Kier alpha value is -1.54. The quantitative estimate of drug-likeness (QED) is 0.336. The Bertz CT molecular complexity index is 937. The van der Waals surface area contributed by atoms with Crippen molar-refractivity contribution in [3.8, 4) is 0 Å². The maximum atomic E-state index is 12.8. The van der Waals surface area contributed by atoms with E-state index >= 15 is 0 Å². The van der Waals surface area contributed by atoms with Crippen molar-refractivity contribution in [2.24, 2.45) is 4.99 Å². The van der Waals surface area contributed by atoms with Crippen molar-refractivity contribution in [2.75, 3.05) is 16.8 Å². The van der Waals surface area contributed by atoms with Gasteiger partial charge in [-0.15, -0.1) is 0 Å². The predicted molar refractivity (Wildman–Crippen MR) is 121 cm³/mol. The molecule has 1 N–H and O–H groups in total. The average molecular weight is 501 g/mol. The van der Waals surface area contributed by atoms with E-state index in [1.165, 1.54) is 16.7 Å². The fourth-order valence-electron chi connectivity index (χ4n) is 2.64. The van der Waals surface area contributed by atoms with E-state index in [0.29, 0.717) is 33.1 Å². The molecule has 9 heteroatoms. The van der Waals surface area contributed by atoms with Crippen molar-refractivity contribution in [2.45, 2.75) is 18.6 Å². The lowest BCUT2D eigenvalue weighted by molar-refractivity contribution is -0.121. The van der Waals surface area contributed by atoms with Gasteiger partial charge in [0.2, 0.25) is 11.8 Å². The highest BCUT2D eigenvalue weighted by atomic mass is 79.9. The third kappa shape index (κ3) is 4.89. The first-order valence-electron chi connectivity index (χ1n) is 8.44. The van der Waals surface area contributed by atoms with Gasteiger partial charge in [0, 0.05) is 23.1 Å². The molecule has 0 radical (unpaired) electrons. The first-order chi connectivity index (χ1) is 13.4. The number of amidine groups is 1. The number of aliphatic imine (C=N–C) groups is 1. The number of imide groups is 1. The summed E-state index contributed by atoms with van der Waals surface area (Å²) in [5.41, 5.74) is 1.27. The molecular weight excluding hydrogens is 485 g/mol. The van der Waals surface area contributed by atoms with Crippen molar-refractivity contribution < 1.29 is 9.59 Å². The number of nitrogens with zero attached hydrogens (tertiary/aromatic N) is 2. The highest BCUT2D eigenvalue weighted by molar-refractivity contribution is 9.10. The lowest BCUT2D eigenvalue weighted by Gasteiger charge is -2.16. The van der Waals surface area contributed by atoms with E-state index in [0.717, 1.165) is 4.47 Å². The number of thioether (sulfide) groups is 1. The van der Waals surface area contributed by atoms with Gasteiger partial charge in [-0.05, 0) is 49.4 Å². The van der Waals surface area contributed by atoms with Crippen LogP contribution >= 0.6 is 50.9 Å². The molecule has 1 aliphatic rings. The minimum Gasteiger partial charge on any atom is -0.335 e. The molecule has 1 aliphatic heterocycles. The number of hydrogen-bond donors (Lipinski definition) is 1. The topological polar surface area (TPSA) is 61.8 Å². The van der Waals surface area contributed by atoms with Gasteiger partial charge in [0.25, 0.3) is 0 Å². The number of rotatable bonds is 4. The van der Waals surface area contributed by atoms with Crippen LogP contribution in [0.2, 0.25) is 10.0 Å². The van der Waals surface area contributed by atoms with Crippen LogP contribution in [-0.2, 0) is 9.59 Å². The van der Waals surface area contributed by atoms with Gasteiger partial charge >= 0.3 is 0 Å². The minimum absolute atomic E-state index is 0.116. The van der Waals surface area contributed by atoms with Gasteiger partial charge in [-0.25, -0.2) is 4.90 Å². The summed E-state index contributed by atoms with van der Waals surface area (Å²) in [5, 5.41) is 4.03. The van der Waals surface area contributed by atoms with Crippen LogP contribution in [0.15, 0.2) is 51.9 Å². The molecule has 146 valence electrons. The Labute approximate surface area is 185 Å². The molecule has 3 rings (SSSR count). The molecule has 2 aromatic carbocycles. The summed E-state index contributed by atoms with van der Waals surface area (Å²) in [5.74, 6) is -0.479. The van der Waals surface area contributed by atoms with Gasteiger partial charge in [-0.3, -0.25) is 14.6 Å². The summed E-state index contributed by atoms with van der Waals surface area (Å²) in [6.45, 7) is 2.43. The molecule has 1 unspecified atom stereocenters. The predicted octanol–water partition coefficient (Wildman–Crippen LogP) is 5.61. The minimum atomic E-state index is -0.545. The van der Waals surface area contributed by atoms with E-state index in [4.69, 9.17) is 23.2 Å². The normalized spacial score (nSPS) is 17.4. The molecule has 0 spiro atoms. The molecular formula is C19H16BrCl2N3O2S. The standard InChI is InChI=1S/C19H16BrCl2N3O2S/c1-2-23-19(24-12-5-8-14(21)15(22)9-12)28-16-10-17(26)25(18(16)27)13-6-3-11(20)4-7-13/h3-9,16H,2,10H2,1H3,(H,23,24). The number of halogens is 3. The van der Waals surface area contributed by atoms with Crippen LogP contribution < -0.4 is 10.2 Å². The summed E-state index contributed by atoms with van der Waals surface area (Å²) < 4.78 is 0.879. The zero-order chi connectivity index (χ0) is 20.3. The third-order valence-corrected chi connectivity index (χ3v) is 6.29. The van der Waals surface area contributed by atoms with Crippen LogP contribution in [0.25, 0.3) is 0 Å². The molecule has 0 saturated carbocycles. The molecule has 0 aromatic heterocycles. The van der Waals surface area contributed by atoms with Gasteiger partial charge in [0.1, 0.15) is 5.25 Å². The van der Waals surface area contributed by atoms with Crippen molar-refractivity contribution in [1.29, 1.82) is 0 Å². The third-order valence-electron chi connectivity index (χ3n) is 3.92. The number of hydrogen-bond acceptors (Lipinski definition) is 4. The monoisotopic (exact) mass is 499 g/mol. The molecule has 28 heavy (non-hydrogen) atoms. The summed E-state index contributed by atoms with van der Waals surface area (Å²) >= 11 is 16.6. The number of nitrogens with one attached hydrogen (secondary N) is 1. The van der Waals surface area contributed by atoms with Gasteiger partial charge in [0.05, 0.1) is 15.7 Å². The summed E-state index contributed by atoms with van der Waals surface area (Å²) in [6.07, 6.45) is 0.116. The zero-order valence-corrected chi connectivity index (χ0v) is 18.7. The first-order valence-corrected chi connectivity index (χ1v) is 10.9. The largest absolute Gasteiger partial charge is 0.335 e. The van der Waals surface area contributed by atoms with Crippen LogP contribution in [0.4, 0.5) is 11.4 Å². The van der Waals surface area contributed by atoms with Crippen LogP contribution in [0.3, 0.4) is 0 Å². The second kappa shape index (κ2) is 9.31. The van der Waals surface area contributed by atoms with Gasteiger partial charge in [-0.1, -0.05) is 50.9 Å². The van der Waals surface area contributed by atoms with Crippen molar-refractivity contribution >= 4 is 79.3 Å². The zero-order valence-electron chi connectivity index (χ0n) is 14.8. The summed E-state index contributed by atoms with van der Waals surface area (Å²) in [6, 6.07) is 12.2. The van der Waals surface area contributed by atoms with E-state index in [-0.39, 0.29) is 18.2 Å². The van der Waals surface area contributed by atoms with Crippen LogP contribution in [0.5, 0.6) is 0 Å².